The first-order chi connectivity index (χ1) is 5.98. The van der Waals surface area contributed by atoms with Crippen LogP contribution < -0.4 is 0 Å². The molecule has 0 N–H and O–H groups in total. The summed E-state index contributed by atoms with van der Waals surface area (Å²) in [5.74, 6) is 0.0746. The van der Waals surface area contributed by atoms with Gasteiger partial charge in [-0.1, -0.05) is 13.8 Å². The summed E-state index contributed by atoms with van der Waals surface area (Å²) in [6.45, 7) is 8.04. The van der Waals surface area contributed by atoms with Crippen LogP contribution in [-0.4, -0.2) is 18.3 Å². The predicted molar refractivity (Wildman–Crippen MR) is 55.3 cm³/mol. The zero-order valence-corrected chi connectivity index (χ0v) is 10.3. The minimum atomic E-state index is -3.10. The van der Waals surface area contributed by atoms with Gasteiger partial charge < -0.3 is 9.05 Å². The maximum atomic E-state index is 12.0. The van der Waals surface area contributed by atoms with Crippen molar-refractivity contribution in [3.8, 4) is 0 Å². The Kier molecular flexibility index (Phi) is 6.23. The summed E-state index contributed by atoms with van der Waals surface area (Å²) in [5, 5.41) is -0.563. The Morgan fingerprint density at radius 2 is 1.62 bits per heavy atom. The first-order valence-corrected chi connectivity index (χ1v) is 6.55. The van der Waals surface area contributed by atoms with Crippen molar-refractivity contribution in [2.75, 3.05) is 13.2 Å². The van der Waals surface area contributed by atoms with Crippen molar-refractivity contribution in [2.45, 2.75) is 32.8 Å². The van der Waals surface area contributed by atoms with Crippen LogP contribution in [0.4, 0.5) is 0 Å². The molecular weight excluding hydrogens is 211 g/mol. The van der Waals surface area contributed by atoms with Gasteiger partial charge >= 0.3 is 7.60 Å². The molecule has 1 unspecified atom stereocenters. The van der Waals surface area contributed by atoms with Crippen molar-refractivity contribution in [1.82, 2.24) is 0 Å². The van der Waals surface area contributed by atoms with Crippen LogP contribution in [0.1, 0.15) is 27.7 Å². The van der Waals surface area contributed by atoms with Gasteiger partial charge in [-0.3, -0.25) is 4.57 Å². The predicted octanol–water partition coefficient (Wildman–Crippen LogP) is 3.47. The fourth-order valence-electron chi connectivity index (χ4n) is 0.905. The third-order valence-electron chi connectivity index (χ3n) is 1.47. The lowest BCUT2D eigenvalue weighted by atomic mass is 10.3. The van der Waals surface area contributed by atoms with Crippen molar-refractivity contribution in [2.24, 2.45) is 5.92 Å². The van der Waals surface area contributed by atoms with Crippen LogP contribution in [0.25, 0.3) is 0 Å². The summed E-state index contributed by atoms with van der Waals surface area (Å²) in [4.78, 5) is 0. The van der Waals surface area contributed by atoms with Gasteiger partial charge in [-0.2, -0.15) is 0 Å². The topological polar surface area (TPSA) is 35.5 Å². The van der Waals surface area contributed by atoms with Crippen LogP contribution in [0.2, 0.25) is 0 Å². The molecule has 13 heavy (non-hydrogen) atoms. The molecule has 0 aliphatic rings. The van der Waals surface area contributed by atoms with Gasteiger partial charge in [0.05, 0.1) is 13.2 Å². The molecule has 0 saturated heterocycles. The second kappa shape index (κ2) is 6.02. The molecule has 0 amide bonds. The lowest BCUT2D eigenvalue weighted by molar-refractivity contribution is 0.214. The molecule has 5 heteroatoms. The van der Waals surface area contributed by atoms with E-state index >= 15 is 0 Å². The number of alkyl halides is 1. The zero-order valence-electron chi connectivity index (χ0n) is 8.62. The summed E-state index contributed by atoms with van der Waals surface area (Å²) in [6, 6.07) is 0. The lowest BCUT2D eigenvalue weighted by Crippen LogP contribution is -2.13. The summed E-state index contributed by atoms with van der Waals surface area (Å²) < 4.78 is 22.2. The first kappa shape index (κ1) is 13.4. The normalized spacial score (nSPS) is 14.9. The van der Waals surface area contributed by atoms with Crippen LogP contribution >= 0.6 is 19.2 Å². The lowest BCUT2D eigenvalue weighted by Gasteiger charge is -2.23. The Balaban J connectivity index is 4.47. The Labute approximate surface area is 85.3 Å². The van der Waals surface area contributed by atoms with Crippen LogP contribution in [0, 0.1) is 5.92 Å². The number of halogens is 1. The Bertz CT molecular complexity index is 174. The first-order valence-electron chi connectivity index (χ1n) is 4.50. The van der Waals surface area contributed by atoms with E-state index in [2.05, 4.69) is 0 Å². The van der Waals surface area contributed by atoms with E-state index in [9.17, 15) is 4.57 Å². The van der Waals surface area contributed by atoms with E-state index in [-0.39, 0.29) is 5.92 Å². The molecule has 0 radical (unpaired) electrons. The van der Waals surface area contributed by atoms with Crippen molar-refractivity contribution in [3.05, 3.63) is 0 Å². The van der Waals surface area contributed by atoms with Gasteiger partial charge in [0.2, 0.25) is 0 Å². The summed E-state index contributed by atoms with van der Waals surface area (Å²) in [5.41, 5.74) is 0. The molecular formula is C8H18ClO3P. The average Bonchev–Trinajstić information content (AvgIpc) is 2.03. The highest BCUT2D eigenvalue weighted by Crippen LogP contribution is 2.57. The van der Waals surface area contributed by atoms with Gasteiger partial charge in [-0.25, -0.2) is 0 Å². The summed E-state index contributed by atoms with van der Waals surface area (Å²) >= 11 is 5.97. The molecule has 0 heterocycles. The number of rotatable bonds is 6. The zero-order chi connectivity index (χ0) is 10.5. The molecule has 0 aromatic rings. The van der Waals surface area contributed by atoms with Crippen LogP contribution in [0.15, 0.2) is 0 Å². The maximum absolute atomic E-state index is 12.0. The second-order valence-corrected chi connectivity index (χ2v) is 5.92. The fourth-order valence-corrected chi connectivity index (χ4v) is 3.05. The molecule has 0 aromatic heterocycles. The van der Waals surface area contributed by atoms with E-state index in [1.165, 1.54) is 0 Å². The molecule has 1 atom stereocenters. The third kappa shape index (κ3) is 3.99. The van der Waals surface area contributed by atoms with E-state index in [0.29, 0.717) is 13.2 Å². The molecule has 0 fully saturated rings. The van der Waals surface area contributed by atoms with Crippen molar-refractivity contribution in [3.63, 3.8) is 0 Å². The Hall–Kier alpha value is 0.440. The van der Waals surface area contributed by atoms with Gasteiger partial charge in [-0.15, -0.1) is 11.6 Å². The highest BCUT2D eigenvalue weighted by atomic mass is 35.5. The average molecular weight is 229 g/mol. The molecule has 3 nitrogen and oxygen atoms in total. The fraction of sp³-hybridized carbons (Fsp3) is 1.00. The van der Waals surface area contributed by atoms with Crippen molar-refractivity contribution < 1.29 is 13.6 Å². The smallest absolute Gasteiger partial charge is 0.308 e. The monoisotopic (exact) mass is 228 g/mol. The quantitative estimate of drug-likeness (QED) is 0.516. The summed E-state index contributed by atoms with van der Waals surface area (Å²) in [6.07, 6.45) is 0. The van der Waals surface area contributed by atoms with Gasteiger partial charge in [0.15, 0.2) is 0 Å². The van der Waals surface area contributed by atoms with Gasteiger partial charge in [0, 0.05) is 0 Å². The minimum absolute atomic E-state index is 0.0746. The molecule has 0 aliphatic carbocycles. The van der Waals surface area contributed by atoms with Gasteiger partial charge in [0.1, 0.15) is 5.12 Å². The molecule has 0 aromatic carbocycles. The SMILES string of the molecule is CCOP(=O)(OCC)C(Cl)C(C)C. The Morgan fingerprint density at radius 3 is 1.85 bits per heavy atom. The highest BCUT2D eigenvalue weighted by molar-refractivity contribution is 7.56. The van der Waals surface area contributed by atoms with E-state index in [0.717, 1.165) is 0 Å². The van der Waals surface area contributed by atoms with Crippen molar-refractivity contribution >= 4 is 19.2 Å². The second-order valence-electron chi connectivity index (χ2n) is 2.99. The maximum Gasteiger partial charge on any atom is 0.348 e. The third-order valence-corrected chi connectivity index (χ3v) is 5.13. The van der Waals surface area contributed by atoms with Gasteiger partial charge in [0.25, 0.3) is 0 Å². The highest BCUT2D eigenvalue weighted by Gasteiger charge is 2.35. The van der Waals surface area contributed by atoms with E-state index in [4.69, 9.17) is 20.6 Å². The van der Waals surface area contributed by atoms with Crippen molar-refractivity contribution in [1.29, 1.82) is 0 Å². The number of hydrogen-bond acceptors (Lipinski definition) is 3. The summed E-state index contributed by atoms with van der Waals surface area (Å²) in [7, 11) is -3.10. The molecule has 0 spiro atoms. The molecule has 0 rings (SSSR count). The number of hydrogen-bond donors (Lipinski definition) is 0. The molecule has 80 valence electrons. The van der Waals surface area contributed by atoms with Crippen LogP contribution in [-0.2, 0) is 13.6 Å². The largest absolute Gasteiger partial charge is 0.348 e. The Morgan fingerprint density at radius 1 is 1.23 bits per heavy atom. The molecule has 0 saturated carbocycles. The van der Waals surface area contributed by atoms with Crippen LogP contribution in [0.5, 0.6) is 0 Å². The molecule has 0 aliphatic heterocycles. The molecule has 0 bridgehead atoms. The minimum Gasteiger partial charge on any atom is -0.308 e. The van der Waals surface area contributed by atoms with Gasteiger partial charge in [-0.05, 0) is 19.8 Å². The standard InChI is InChI=1S/C8H18ClO3P/c1-5-11-13(10,12-6-2)8(9)7(3)4/h7-8H,5-6H2,1-4H3. The van der Waals surface area contributed by atoms with Crippen LogP contribution in [0.3, 0.4) is 0 Å². The van der Waals surface area contributed by atoms with E-state index in [1.807, 2.05) is 13.8 Å². The van der Waals surface area contributed by atoms with E-state index in [1.54, 1.807) is 13.8 Å². The van der Waals surface area contributed by atoms with E-state index < -0.39 is 12.7 Å².